The molecule has 0 aliphatic carbocycles. The van der Waals surface area contributed by atoms with Crippen molar-refractivity contribution >= 4 is 0 Å². The van der Waals surface area contributed by atoms with Crippen molar-refractivity contribution in [1.82, 2.24) is 4.90 Å². The van der Waals surface area contributed by atoms with E-state index in [4.69, 9.17) is 10.5 Å². The highest BCUT2D eigenvalue weighted by molar-refractivity contribution is 5.30. The van der Waals surface area contributed by atoms with E-state index >= 15 is 0 Å². The molecule has 1 fully saturated rings. The largest absolute Gasteiger partial charge is 0.494 e. The molecule has 2 N–H and O–H groups in total. The number of rotatable bonds is 5. The number of piperidine rings is 1. The lowest BCUT2D eigenvalue weighted by Crippen LogP contribution is -2.46. The van der Waals surface area contributed by atoms with Crippen LogP contribution in [-0.2, 0) is 0 Å². The number of benzene rings is 1. The molecule has 0 aromatic heterocycles. The standard InChI is InChI=1S/C16H26N2O/c1-3-11-18-12-5-6-15(17)16(18)13-7-9-14(10-8-13)19-4-2/h7-10,15-16H,3-6,11-12,17H2,1-2H3. The highest BCUT2D eigenvalue weighted by Crippen LogP contribution is 2.31. The molecule has 0 spiro atoms. The molecule has 3 nitrogen and oxygen atoms in total. The zero-order valence-corrected chi connectivity index (χ0v) is 12.1. The van der Waals surface area contributed by atoms with E-state index in [1.807, 2.05) is 6.92 Å². The van der Waals surface area contributed by atoms with Crippen LogP contribution in [0.25, 0.3) is 0 Å². The SMILES string of the molecule is CCCN1CCCC(N)C1c1ccc(OCC)cc1. The molecular weight excluding hydrogens is 236 g/mol. The van der Waals surface area contributed by atoms with Crippen LogP contribution in [0.2, 0.25) is 0 Å². The van der Waals surface area contributed by atoms with Crippen molar-refractivity contribution in [2.75, 3.05) is 19.7 Å². The predicted molar refractivity (Wildman–Crippen MR) is 79.4 cm³/mol. The van der Waals surface area contributed by atoms with Gasteiger partial charge in [0, 0.05) is 12.1 Å². The van der Waals surface area contributed by atoms with Crippen molar-refractivity contribution in [3.05, 3.63) is 29.8 Å². The van der Waals surface area contributed by atoms with Gasteiger partial charge in [0.2, 0.25) is 0 Å². The Hall–Kier alpha value is -1.06. The van der Waals surface area contributed by atoms with Crippen molar-refractivity contribution in [3.63, 3.8) is 0 Å². The zero-order valence-electron chi connectivity index (χ0n) is 12.1. The van der Waals surface area contributed by atoms with Crippen LogP contribution in [0.4, 0.5) is 0 Å². The minimum atomic E-state index is 0.248. The summed E-state index contributed by atoms with van der Waals surface area (Å²) in [5, 5.41) is 0. The Kier molecular flexibility index (Phi) is 5.23. The molecule has 2 atom stereocenters. The zero-order chi connectivity index (χ0) is 13.7. The summed E-state index contributed by atoms with van der Waals surface area (Å²) in [5.74, 6) is 0.942. The fourth-order valence-electron chi connectivity index (χ4n) is 3.02. The molecule has 2 rings (SSSR count). The summed E-state index contributed by atoms with van der Waals surface area (Å²) in [5.41, 5.74) is 7.68. The van der Waals surface area contributed by atoms with Gasteiger partial charge in [0.1, 0.15) is 5.75 Å². The lowest BCUT2D eigenvalue weighted by Gasteiger charge is -2.40. The molecule has 106 valence electrons. The van der Waals surface area contributed by atoms with Crippen LogP contribution >= 0.6 is 0 Å². The van der Waals surface area contributed by atoms with Crippen LogP contribution in [0.3, 0.4) is 0 Å². The molecule has 1 aromatic rings. The Labute approximate surface area is 116 Å². The van der Waals surface area contributed by atoms with Crippen molar-refractivity contribution < 1.29 is 4.74 Å². The summed E-state index contributed by atoms with van der Waals surface area (Å²) in [6.45, 7) is 7.25. The maximum Gasteiger partial charge on any atom is 0.119 e. The van der Waals surface area contributed by atoms with E-state index in [9.17, 15) is 0 Å². The summed E-state index contributed by atoms with van der Waals surface area (Å²) >= 11 is 0. The molecule has 1 aromatic carbocycles. The van der Waals surface area contributed by atoms with Crippen LogP contribution in [0.1, 0.15) is 44.7 Å². The molecule has 1 aliphatic heterocycles. The van der Waals surface area contributed by atoms with E-state index < -0.39 is 0 Å². The van der Waals surface area contributed by atoms with E-state index in [0.717, 1.165) is 18.7 Å². The van der Waals surface area contributed by atoms with Gasteiger partial charge in [-0.15, -0.1) is 0 Å². The van der Waals surface area contributed by atoms with Crippen molar-refractivity contribution in [2.24, 2.45) is 5.73 Å². The second kappa shape index (κ2) is 6.92. The lowest BCUT2D eigenvalue weighted by atomic mass is 9.91. The second-order valence-electron chi connectivity index (χ2n) is 5.29. The lowest BCUT2D eigenvalue weighted by molar-refractivity contribution is 0.128. The van der Waals surface area contributed by atoms with Gasteiger partial charge >= 0.3 is 0 Å². The third-order valence-electron chi connectivity index (χ3n) is 3.83. The highest BCUT2D eigenvalue weighted by Gasteiger charge is 2.29. The van der Waals surface area contributed by atoms with E-state index in [2.05, 4.69) is 36.1 Å². The quantitative estimate of drug-likeness (QED) is 0.886. The monoisotopic (exact) mass is 262 g/mol. The number of nitrogens with two attached hydrogens (primary N) is 1. The highest BCUT2D eigenvalue weighted by atomic mass is 16.5. The van der Waals surface area contributed by atoms with Crippen LogP contribution in [-0.4, -0.2) is 30.6 Å². The number of hydrogen-bond donors (Lipinski definition) is 1. The molecule has 3 heteroatoms. The average molecular weight is 262 g/mol. The molecule has 0 bridgehead atoms. The molecule has 19 heavy (non-hydrogen) atoms. The number of nitrogens with zero attached hydrogens (tertiary/aromatic N) is 1. The van der Waals surface area contributed by atoms with Crippen LogP contribution < -0.4 is 10.5 Å². The second-order valence-corrected chi connectivity index (χ2v) is 5.29. The molecule has 0 saturated carbocycles. The molecule has 1 aliphatic rings. The van der Waals surface area contributed by atoms with Crippen molar-refractivity contribution in [1.29, 1.82) is 0 Å². The normalized spacial score (nSPS) is 24.4. The van der Waals surface area contributed by atoms with Crippen LogP contribution in [0.5, 0.6) is 5.75 Å². The van der Waals surface area contributed by atoms with Crippen LogP contribution in [0, 0.1) is 0 Å². The van der Waals surface area contributed by atoms with Gasteiger partial charge in [-0.25, -0.2) is 0 Å². The van der Waals surface area contributed by atoms with Crippen LogP contribution in [0.15, 0.2) is 24.3 Å². The Bertz CT molecular complexity index is 375. The molecule has 1 heterocycles. The van der Waals surface area contributed by atoms with E-state index in [1.54, 1.807) is 0 Å². The molecular formula is C16H26N2O. The van der Waals surface area contributed by atoms with Gasteiger partial charge in [0.15, 0.2) is 0 Å². The molecule has 2 unspecified atom stereocenters. The fraction of sp³-hybridized carbons (Fsp3) is 0.625. The van der Waals surface area contributed by atoms with Crippen molar-refractivity contribution in [3.8, 4) is 5.75 Å². The Morgan fingerprint density at radius 1 is 1.26 bits per heavy atom. The predicted octanol–water partition coefficient (Wildman–Crippen LogP) is 2.96. The van der Waals surface area contributed by atoms with Gasteiger partial charge in [-0.1, -0.05) is 19.1 Å². The summed E-state index contributed by atoms with van der Waals surface area (Å²) in [4.78, 5) is 2.53. The number of hydrogen-bond acceptors (Lipinski definition) is 3. The van der Waals surface area contributed by atoms with Gasteiger partial charge in [0.25, 0.3) is 0 Å². The van der Waals surface area contributed by atoms with Gasteiger partial charge < -0.3 is 10.5 Å². The van der Waals surface area contributed by atoms with Gasteiger partial charge in [-0.3, -0.25) is 4.90 Å². The van der Waals surface area contributed by atoms with E-state index in [-0.39, 0.29) is 6.04 Å². The summed E-state index contributed by atoms with van der Waals surface area (Å²) in [6.07, 6.45) is 3.52. The maximum absolute atomic E-state index is 6.36. The molecule has 1 saturated heterocycles. The number of ether oxygens (including phenoxy) is 1. The smallest absolute Gasteiger partial charge is 0.119 e. The first-order chi connectivity index (χ1) is 9.26. The first kappa shape index (κ1) is 14.4. The van der Waals surface area contributed by atoms with E-state index in [0.29, 0.717) is 12.6 Å². The minimum Gasteiger partial charge on any atom is -0.494 e. The molecule has 0 radical (unpaired) electrons. The third-order valence-corrected chi connectivity index (χ3v) is 3.83. The Balaban J connectivity index is 2.15. The Morgan fingerprint density at radius 3 is 2.63 bits per heavy atom. The minimum absolute atomic E-state index is 0.248. The van der Waals surface area contributed by atoms with Gasteiger partial charge in [-0.2, -0.15) is 0 Å². The summed E-state index contributed by atoms with van der Waals surface area (Å²) < 4.78 is 5.50. The first-order valence-electron chi connectivity index (χ1n) is 7.48. The van der Waals surface area contributed by atoms with Crippen molar-refractivity contribution in [2.45, 2.75) is 45.2 Å². The Morgan fingerprint density at radius 2 is 2.00 bits per heavy atom. The third kappa shape index (κ3) is 3.48. The molecule has 0 amide bonds. The average Bonchev–Trinajstić information content (AvgIpc) is 2.41. The summed E-state index contributed by atoms with van der Waals surface area (Å²) in [7, 11) is 0. The topological polar surface area (TPSA) is 38.5 Å². The fourth-order valence-corrected chi connectivity index (χ4v) is 3.02. The summed E-state index contributed by atoms with van der Waals surface area (Å²) in [6, 6.07) is 9.07. The van der Waals surface area contributed by atoms with E-state index in [1.165, 1.54) is 24.9 Å². The first-order valence-corrected chi connectivity index (χ1v) is 7.48. The van der Waals surface area contributed by atoms with Gasteiger partial charge in [0.05, 0.1) is 6.61 Å². The number of likely N-dealkylation sites (tertiary alicyclic amines) is 1. The van der Waals surface area contributed by atoms with Gasteiger partial charge in [-0.05, 0) is 57.0 Å². The maximum atomic E-state index is 6.36.